The topological polar surface area (TPSA) is 37.7 Å². The molecule has 3 heterocycles. The van der Waals surface area contributed by atoms with Crippen molar-refractivity contribution >= 4 is 32.4 Å². The average molecular weight is 311 g/mol. The Bertz CT molecular complexity index is 682. The van der Waals surface area contributed by atoms with Crippen LogP contribution in [0.3, 0.4) is 0 Å². The van der Waals surface area contributed by atoms with Crippen molar-refractivity contribution in [1.82, 2.24) is 4.98 Å². The second-order valence-corrected chi connectivity index (χ2v) is 6.67. The number of fused-ring (bicyclic) bond motifs is 3. The number of hydrogen-bond donors (Lipinski definition) is 0. The first-order chi connectivity index (χ1) is 9.92. The van der Waals surface area contributed by atoms with Crippen molar-refractivity contribution in [1.29, 1.82) is 0 Å². The van der Waals surface area contributed by atoms with Crippen molar-refractivity contribution in [3.8, 4) is 0 Å². The molecule has 1 unspecified atom stereocenters. The zero-order chi connectivity index (χ0) is 14.8. The van der Waals surface area contributed by atoms with Gasteiger partial charge < -0.3 is 4.43 Å². The van der Waals surface area contributed by atoms with Gasteiger partial charge in [-0.3, -0.25) is 9.89 Å². The number of alkyl halides is 3. The predicted molar refractivity (Wildman–Crippen MR) is 74.4 cm³/mol. The van der Waals surface area contributed by atoms with Gasteiger partial charge in [0.1, 0.15) is 11.1 Å². The Kier molecular flexibility index (Phi) is 2.44. The third-order valence-corrected chi connectivity index (χ3v) is 5.64. The fraction of sp³-hybridized carbons (Fsp3) is 0.462. The molecule has 0 aromatic carbocycles. The largest absolute Gasteiger partial charge is 0.528 e. The van der Waals surface area contributed by atoms with E-state index in [0.29, 0.717) is 16.8 Å². The van der Waals surface area contributed by atoms with E-state index >= 15 is 0 Å². The number of halogens is 3. The van der Waals surface area contributed by atoms with Gasteiger partial charge in [-0.25, -0.2) is 4.98 Å². The zero-order valence-electron chi connectivity index (χ0n) is 11.2. The highest BCUT2D eigenvalue weighted by molar-refractivity contribution is 6.56. The van der Waals surface area contributed by atoms with E-state index < -0.39 is 27.2 Å². The van der Waals surface area contributed by atoms with E-state index in [4.69, 9.17) is 4.43 Å². The van der Waals surface area contributed by atoms with Crippen LogP contribution < -0.4 is 4.90 Å². The highest BCUT2D eigenvalue weighted by Gasteiger charge is 2.68. The minimum absolute atomic E-state index is 0.143. The highest BCUT2D eigenvalue weighted by atomic mass is 28.2. The Morgan fingerprint density at radius 3 is 2.86 bits per heavy atom. The summed E-state index contributed by atoms with van der Waals surface area (Å²) in [5.41, 5.74) is -0.173. The monoisotopic (exact) mass is 311 g/mol. The molecule has 0 amide bonds. The van der Waals surface area contributed by atoms with Gasteiger partial charge in [0, 0.05) is 6.20 Å². The number of aromatic nitrogens is 1. The normalized spacial score (nSPS) is 25.0. The summed E-state index contributed by atoms with van der Waals surface area (Å²) in [6, 6.07) is 1.83. The molecule has 1 atom stereocenters. The molecule has 0 radical (unpaired) electrons. The van der Waals surface area contributed by atoms with Crippen LogP contribution in [0.4, 0.5) is 24.7 Å². The number of rotatable bonds is 1. The number of aryl methyl sites for hydroxylation is 1. The molecule has 21 heavy (non-hydrogen) atoms. The van der Waals surface area contributed by atoms with Crippen molar-refractivity contribution in [3.05, 3.63) is 17.8 Å². The highest BCUT2D eigenvalue weighted by Crippen LogP contribution is 2.60. The molecule has 1 fully saturated rings. The van der Waals surface area contributed by atoms with Crippen LogP contribution in [0.2, 0.25) is 0 Å². The lowest BCUT2D eigenvalue weighted by atomic mass is 10.0. The average Bonchev–Trinajstić information content (AvgIpc) is 3.12. The van der Waals surface area contributed by atoms with Crippen LogP contribution in [0.25, 0.3) is 0 Å². The summed E-state index contributed by atoms with van der Waals surface area (Å²) >= 11 is 0. The standard InChI is InChI=1S/C13H12F3N3OSi/c1-7-4-8-10(18-5-7)19-9(6-17-8)20-21-11(19)12(2-3-12)13(14,15)16/h4-6,9,21H,2-3H2,1H3. The van der Waals surface area contributed by atoms with Gasteiger partial charge in [0.25, 0.3) is 0 Å². The lowest BCUT2D eigenvalue weighted by Gasteiger charge is -2.33. The molecule has 1 aromatic heterocycles. The van der Waals surface area contributed by atoms with Gasteiger partial charge in [0.05, 0.1) is 11.5 Å². The van der Waals surface area contributed by atoms with Crippen LogP contribution >= 0.6 is 0 Å². The Hall–Kier alpha value is -1.70. The minimum Gasteiger partial charge on any atom is -0.528 e. The maximum atomic E-state index is 13.4. The molecular weight excluding hydrogens is 299 g/mol. The molecule has 1 aromatic rings. The summed E-state index contributed by atoms with van der Waals surface area (Å²) in [4.78, 5) is 10.2. The summed E-state index contributed by atoms with van der Waals surface area (Å²) in [6.07, 6.45) is -1.27. The maximum Gasteiger partial charge on any atom is 0.399 e. The fourth-order valence-electron chi connectivity index (χ4n) is 2.85. The van der Waals surface area contributed by atoms with Crippen LogP contribution in [0.15, 0.2) is 17.3 Å². The molecule has 4 rings (SSSR count). The van der Waals surface area contributed by atoms with E-state index in [1.807, 2.05) is 13.0 Å². The van der Waals surface area contributed by atoms with Gasteiger partial charge >= 0.3 is 6.18 Å². The van der Waals surface area contributed by atoms with E-state index in [9.17, 15) is 13.2 Å². The van der Waals surface area contributed by atoms with E-state index in [2.05, 4.69) is 9.98 Å². The molecular formula is C13H12F3N3OSi. The second kappa shape index (κ2) is 3.94. The van der Waals surface area contributed by atoms with E-state index in [1.165, 1.54) is 0 Å². The van der Waals surface area contributed by atoms with Crippen molar-refractivity contribution < 1.29 is 17.6 Å². The first-order valence-corrected chi connectivity index (χ1v) is 7.70. The number of nitrogens with zero attached hydrogens (tertiary/aromatic N) is 3. The van der Waals surface area contributed by atoms with E-state index in [-0.39, 0.29) is 12.8 Å². The van der Waals surface area contributed by atoms with Crippen LogP contribution in [-0.4, -0.2) is 38.3 Å². The first kappa shape index (κ1) is 13.0. The number of pyridine rings is 1. The van der Waals surface area contributed by atoms with E-state index in [1.54, 1.807) is 17.3 Å². The molecule has 0 spiro atoms. The smallest absolute Gasteiger partial charge is 0.399 e. The Labute approximate surface area is 121 Å². The molecule has 4 nitrogen and oxygen atoms in total. The van der Waals surface area contributed by atoms with Gasteiger partial charge in [-0.1, -0.05) is 0 Å². The molecule has 0 bridgehead atoms. The SMILES string of the molecule is Cc1cnc2c(c1)N=CC1O[SiH]=C(C3(C(F)(F)F)CC3)N21. The Morgan fingerprint density at radius 2 is 2.19 bits per heavy atom. The summed E-state index contributed by atoms with van der Waals surface area (Å²) in [5, 5.41) is 0.351. The molecule has 2 aliphatic heterocycles. The summed E-state index contributed by atoms with van der Waals surface area (Å²) in [5.74, 6) is 0.476. The van der Waals surface area contributed by atoms with Gasteiger partial charge in [0.2, 0.25) is 9.38 Å². The van der Waals surface area contributed by atoms with Crippen molar-refractivity contribution in [2.75, 3.05) is 4.90 Å². The molecule has 110 valence electrons. The fourth-order valence-corrected chi connectivity index (χ4v) is 4.37. The number of anilines is 1. The van der Waals surface area contributed by atoms with Gasteiger partial charge in [0.15, 0.2) is 12.0 Å². The molecule has 1 aliphatic carbocycles. The van der Waals surface area contributed by atoms with Crippen molar-refractivity contribution in [2.24, 2.45) is 10.4 Å². The number of aliphatic imine (C=N–C) groups is 1. The van der Waals surface area contributed by atoms with Crippen LogP contribution in [0.5, 0.6) is 0 Å². The van der Waals surface area contributed by atoms with Crippen molar-refractivity contribution in [3.63, 3.8) is 0 Å². The third kappa shape index (κ3) is 1.71. The Balaban J connectivity index is 1.80. The third-order valence-electron chi connectivity index (χ3n) is 4.17. The maximum absolute atomic E-state index is 13.4. The molecule has 1 saturated carbocycles. The lowest BCUT2D eigenvalue weighted by Crippen LogP contribution is -2.47. The van der Waals surface area contributed by atoms with Crippen LogP contribution in [-0.2, 0) is 4.43 Å². The zero-order valence-corrected chi connectivity index (χ0v) is 12.3. The predicted octanol–water partition coefficient (Wildman–Crippen LogP) is 2.09. The summed E-state index contributed by atoms with van der Waals surface area (Å²) < 4.78 is 45.8. The minimum atomic E-state index is -4.23. The second-order valence-electron chi connectivity index (χ2n) is 5.61. The van der Waals surface area contributed by atoms with Gasteiger partial charge in [-0.15, -0.1) is 0 Å². The molecule has 0 N–H and O–H groups in total. The van der Waals surface area contributed by atoms with Crippen LogP contribution in [0, 0.1) is 12.3 Å². The lowest BCUT2D eigenvalue weighted by molar-refractivity contribution is -0.165. The van der Waals surface area contributed by atoms with Gasteiger partial charge in [-0.05, 0) is 31.4 Å². The van der Waals surface area contributed by atoms with Crippen molar-refractivity contribution in [2.45, 2.75) is 32.2 Å². The van der Waals surface area contributed by atoms with Gasteiger partial charge in [-0.2, -0.15) is 13.2 Å². The molecule has 3 aliphatic rings. The number of hydrogen-bond acceptors (Lipinski definition) is 4. The first-order valence-electron chi connectivity index (χ1n) is 6.65. The Morgan fingerprint density at radius 1 is 1.43 bits per heavy atom. The summed E-state index contributed by atoms with van der Waals surface area (Å²) in [7, 11) is -0.848. The quantitative estimate of drug-likeness (QED) is 0.745. The van der Waals surface area contributed by atoms with E-state index in [0.717, 1.165) is 5.56 Å². The molecule has 0 saturated heterocycles. The summed E-state index contributed by atoms with van der Waals surface area (Å²) in [6.45, 7) is 1.88. The van der Waals surface area contributed by atoms with Crippen LogP contribution in [0.1, 0.15) is 18.4 Å². The molecule has 8 heteroatoms.